The van der Waals surface area contributed by atoms with E-state index in [1.807, 2.05) is 0 Å². The molecule has 0 fully saturated rings. The summed E-state index contributed by atoms with van der Waals surface area (Å²) in [6, 6.07) is 0. The molecule has 0 rings (SSSR count). The molecule has 1 unspecified atom stereocenters. The predicted octanol–water partition coefficient (Wildman–Crippen LogP) is 13.5. The van der Waals surface area contributed by atoms with Crippen LogP contribution in [0.1, 0.15) is 206 Å². The standard InChI is InChI=1S/C47H86NO8P/c1-3-5-7-9-11-13-15-17-19-21-22-24-25-27-29-31-33-35-37-39-46(49)53-43-45(44-55-57(51,52)54-42-41-48)56-47(50)40-38-36-34-32-30-28-26-23-20-18-16-14-12-10-8-6-4-2/h11-14,17-20,45H,3-10,15-16,21-44,48H2,1-2H3,(H,51,52)/b13-11-,14-12-,19-17-,20-18-/t45-/m1/s1. The second-order valence-electron chi connectivity index (χ2n) is 15.3. The first-order valence-electron chi connectivity index (χ1n) is 23.1. The SMILES string of the molecule is CCCCC/C=C\C/C=C\CCCCCCCCCCCC(=O)OC[C@H](COP(=O)(O)OCCN)OC(=O)CCCCCCCCC/C=C\C/C=C\CCCCC. The van der Waals surface area contributed by atoms with E-state index in [0.29, 0.717) is 6.42 Å². The fraction of sp³-hybridized carbons (Fsp3) is 0.787. The van der Waals surface area contributed by atoms with Crippen LogP contribution in [-0.2, 0) is 32.7 Å². The summed E-state index contributed by atoms with van der Waals surface area (Å²) in [4.78, 5) is 34.9. The number of carbonyl (C=O) groups excluding carboxylic acids is 2. The lowest BCUT2D eigenvalue weighted by Crippen LogP contribution is -2.29. The number of hydrogen-bond acceptors (Lipinski definition) is 8. The van der Waals surface area contributed by atoms with Crippen molar-refractivity contribution >= 4 is 19.8 Å². The van der Waals surface area contributed by atoms with Gasteiger partial charge in [0.25, 0.3) is 0 Å². The van der Waals surface area contributed by atoms with Gasteiger partial charge in [0.2, 0.25) is 0 Å². The Morgan fingerprint density at radius 3 is 1.33 bits per heavy atom. The molecule has 3 N–H and O–H groups in total. The monoisotopic (exact) mass is 824 g/mol. The van der Waals surface area contributed by atoms with Crippen molar-refractivity contribution in [2.45, 2.75) is 213 Å². The van der Waals surface area contributed by atoms with E-state index < -0.39 is 26.5 Å². The molecule has 0 aliphatic carbocycles. The van der Waals surface area contributed by atoms with E-state index in [-0.39, 0.29) is 38.6 Å². The molecule has 0 aliphatic heterocycles. The van der Waals surface area contributed by atoms with E-state index in [0.717, 1.165) is 64.2 Å². The zero-order chi connectivity index (χ0) is 41.8. The first kappa shape index (κ1) is 55.0. The van der Waals surface area contributed by atoms with E-state index in [9.17, 15) is 19.0 Å². The van der Waals surface area contributed by atoms with E-state index >= 15 is 0 Å². The fourth-order valence-electron chi connectivity index (χ4n) is 6.22. The van der Waals surface area contributed by atoms with Gasteiger partial charge in [-0.05, 0) is 77.0 Å². The number of allylic oxidation sites excluding steroid dienone is 8. The molecule has 0 radical (unpaired) electrons. The van der Waals surface area contributed by atoms with Crippen LogP contribution in [0.25, 0.3) is 0 Å². The van der Waals surface area contributed by atoms with Crippen LogP contribution in [0, 0.1) is 0 Å². The number of rotatable bonds is 43. The van der Waals surface area contributed by atoms with Crippen molar-refractivity contribution in [3.63, 3.8) is 0 Å². The Kier molecular flexibility index (Phi) is 42.0. The third-order valence-electron chi connectivity index (χ3n) is 9.69. The second-order valence-corrected chi connectivity index (χ2v) is 16.7. The van der Waals surface area contributed by atoms with Gasteiger partial charge < -0.3 is 20.1 Å². The third-order valence-corrected chi connectivity index (χ3v) is 10.7. The molecule has 9 nitrogen and oxygen atoms in total. The lowest BCUT2D eigenvalue weighted by Gasteiger charge is -2.19. The third kappa shape index (κ3) is 43.4. The summed E-state index contributed by atoms with van der Waals surface area (Å²) >= 11 is 0. The van der Waals surface area contributed by atoms with Crippen molar-refractivity contribution in [2.24, 2.45) is 5.73 Å². The zero-order valence-electron chi connectivity index (χ0n) is 36.6. The normalized spacial score (nSPS) is 13.7. The molecule has 0 saturated carbocycles. The number of ether oxygens (including phenoxy) is 2. The number of carbonyl (C=O) groups is 2. The molecule has 0 aromatic carbocycles. The van der Waals surface area contributed by atoms with Crippen LogP contribution in [0.5, 0.6) is 0 Å². The summed E-state index contributed by atoms with van der Waals surface area (Å²) in [6.07, 6.45) is 49.9. The minimum absolute atomic E-state index is 0.0502. The van der Waals surface area contributed by atoms with Crippen molar-refractivity contribution in [1.29, 1.82) is 0 Å². The fourth-order valence-corrected chi connectivity index (χ4v) is 6.99. The summed E-state index contributed by atoms with van der Waals surface area (Å²) in [5, 5.41) is 0. The topological polar surface area (TPSA) is 134 Å². The number of unbranched alkanes of at least 4 members (excludes halogenated alkanes) is 22. The average molecular weight is 824 g/mol. The van der Waals surface area contributed by atoms with Crippen molar-refractivity contribution in [3.05, 3.63) is 48.6 Å². The average Bonchev–Trinajstić information content (AvgIpc) is 3.20. The molecule has 0 aromatic rings. The summed E-state index contributed by atoms with van der Waals surface area (Å²) in [5.74, 6) is -0.841. The Labute approximate surface area is 349 Å². The van der Waals surface area contributed by atoms with E-state index in [2.05, 4.69) is 62.5 Å². The van der Waals surface area contributed by atoms with Gasteiger partial charge in [0.15, 0.2) is 6.10 Å². The number of esters is 2. The maximum atomic E-state index is 12.6. The number of phosphoric acid groups is 1. The van der Waals surface area contributed by atoms with Crippen LogP contribution in [0.3, 0.4) is 0 Å². The molecule has 57 heavy (non-hydrogen) atoms. The number of hydrogen-bond donors (Lipinski definition) is 2. The van der Waals surface area contributed by atoms with Gasteiger partial charge in [-0.2, -0.15) is 0 Å². The van der Waals surface area contributed by atoms with E-state index in [4.69, 9.17) is 24.3 Å². The molecular weight excluding hydrogens is 737 g/mol. The molecule has 10 heteroatoms. The first-order valence-corrected chi connectivity index (χ1v) is 24.6. The first-order chi connectivity index (χ1) is 27.8. The Morgan fingerprint density at radius 2 is 0.912 bits per heavy atom. The highest BCUT2D eigenvalue weighted by Gasteiger charge is 2.26. The Hall–Kier alpha value is -2.03. The molecule has 0 amide bonds. The number of nitrogens with two attached hydrogens (primary N) is 1. The van der Waals surface area contributed by atoms with Gasteiger partial charge in [0, 0.05) is 19.4 Å². The second kappa shape index (κ2) is 43.5. The maximum Gasteiger partial charge on any atom is 0.472 e. The molecule has 0 bridgehead atoms. The van der Waals surface area contributed by atoms with Crippen LogP contribution in [0.2, 0.25) is 0 Å². The molecule has 0 aliphatic rings. The van der Waals surface area contributed by atoms with Crippen molar-refractivity contribution in [2.75, 3.05) is 26.4 Å². The highest BCUT2D eigenvalue weighted by atomic mass is 31.2. The zero-order valence-corrected chi connectivity index (χ0v) is 37.5. The van der Waals surface area contributed by atoms with Gasteiger partial charge in [-0.1, -0.05) is 165 Å². The number of phosphoric ester groups is 1. The Bertz CT molecular complexity index is 1080. The van der Waals surface area contributed by atoms with Gasteiger partial charge in [-0.15, -0.1) is 0 Å². The molecule has 332 valence electrons. The summed E-state index contributed by atoms with van der Waals surface area (Å²) < 4.78 is 32.8. The van der Waals surface area contributed by atoms with Gasteiger partial charge in [0.05, 0.1) is 13.2 Å². The molecule has 2 atom stereocenters. The van der Waals surface area contributed by atoms with Gasteiger partial charge in [-0.3, -0.25) is 18.6 Å². The largest absolute Gasteiger partial charge is 0.472 e. The van der Waals surface area contributed by atoms with Crippen LogP contribution < -0.4 is 5.73 Å². The van der Waals surface area contributed by atoms with Crippen LogP contribution in [-0.4, -0.2) is 49.3 Å². The lowest BCUT2D eigenvalue weighted by molar-refractivity contribution is -0.161. The van der Waals surface area contributed by atoms with Gasteiger partial charge in [-0.25, -0.2) is 4.57 Å². The summed E-state index contributed by atoms with van der Waals surface area (Å²) in [5.41, 5.74) is 5.35. The summed E-state index contributed by atoms with van der Waals surface area (Å²) in [7, 11) is -4.38. The summed E-state index contributed by atoms with van der Waals surface area (Å²) in [6.45, 7) is 3.68. The van der Waals surface area contributed by atoms with Crippen LogP contribution in [0.15, 0.2) is 48.6 Å². The molecular formula is C47H86NO8P. The minimum Gasteiger partial charge on any atom is -0.462 e. The molecule has 0 spiro atoms. The van der Waals surface area contributed by atoms with E-state index in [1.54, 1.807) is 0 Å². The Balaban J connectivity index is 4.13. The van der Waals surface area contributed by atoms with Crippen molar-refractivity contribution in [1.82, 2.24) is 0 Å². The van der Waals surface area contributed by atoms with E-state index in [1.165, 1.54) is 109 Å². The highest BCUT2D eigenvalue weighted by molar-refractivity contribution is 7.47. The predicted molar refractivity (Wildman–Crippen MR) is 238 cm³/mol. The van der Waals surface area contributed by atoms with Crippen LogP contribution >= 0.6 is 7.82 Å². The van der Waals surface area contributed by atoms with Gasteiger partial charge in [0.1, 0.15) is 6.61 Å². The minimum atomic E-state index is -4.38. The molecule has 0 aromatic heterocycles. The molecule has 0 heterocycles. The quantitative estimate of drug-likeness (QED) is 0.0267. The maximum absolute atomic E-state index is 12.6. The highest BCUT2D eigenvalue weighted by Crippen LogP contribution is 2.43. The van der Waals surface area contributed by atoms with Gasteiger partial charge >= 0.3 is 19.8 Å². The lowest BCUT2D eigenvalue weighted by atomic mass is 10.1. The smallest absolute Gasteiger partial charge is 0.462 e. The van der Waals surface area contributed by atoms with Crippen LogP contribution in [0.4, 0.5) is 0 Å². The Morgan fingerprint density at radius 1 is 0.526 bits per heavy atom. The molecule has 0 saturated heterocycles. The van der Waals surface area contributed by atoms with Crippen molar-refractivity contribution in [3.8, 4) is 0 Å². The van der Waals surface area contributed by atoms with Crippen molar-refractivity contribution < 1.29 is 37.6 Å².